The summed E-state index contributed by atoms with van der Waals surface area (Å²) in [6.07, 6.45) is 2.44. The van der Waals surface area contributed by atoms with E-state index in [4.69, 9.17) is 22.1 Å². The average Bonchev–Trinajstić information content (AvgIpc) is 2.74. The number of hydrogen-bond donors (Lipinski definition) is 4. The van der Waals surface area contributed by atoms with Crippen LogP contribution in [0.25, 0.3) is 0 Å². The molecule has 0 heterocycles. The van der Waals surface area contributed by atoms with Gasteiger partial charge in [0.1, 0.15) is 5.75 Å². The van der Waals surface area contributed by atoms with Gasteiger partial charge in [-0.2, -0.15) is 0 Å². The number of thiocarbonyl (C=S) groups is 1. The third kappa shape index (κ3) is 7.46. The second kappa shape index (κ2) is 12.6. The molecule has 0 aliphatic carbocycles. The molecule has 8 heteroatoms. The first-order valence-corrected chi connectivity index (χ1v) is 10.3. The van der Waals surface area contributed by atoms with E-state index in [1.807, 2.05) is 0 Å². The number of aliphatic hydroxyl groups is 1. The fourth-order valence-corrected chi connectivity index (χ4v) is 2.76. The van der Waals surface area contributed by atoms with Crippen LogP contribution < -0.4 is 20.7 Å². The number of rotatable bonds is 10. The molecule has 2 aromatic rings. The van der Waals surface area contributed by atoms with Gasteiger partial charge in [0, 0.05) is 18.7 Å². The number of anilines is 1. The number of carbonyl (C=O) groups is 2. The Morgan fingerprint density at radius 2 is 1.87 bits per heavy atom. The Labute approximate surface area is 181 Å². The third-order valence-corrected chi connectivity index (χ3v) is 4.33. The molecule has 2 rings (SSSR count). The zero-order chi connectivity index (χ0) is 21.8. The number of carbonyl (C=O) groups excluding carboxylic acids is 2. The van der Waals surface area contributed by atoms with E-state index in [-0.39, 0.29) is 23.5 Å². The number of para-hydroxylation sites is 1. The van der Waals surface area contributed by atoms with Crippen molar-refractivity contribution in [3.8, 4) is 5.75 Å². The SMILES string of the molecule is CCCCOc1cccc(C(=O)NC(=S)Nc2ccccc2C(=O)NCCCO)c1. The Hall–Kier alpha value is -2.97. The van der Waals surface area contributed by atoms with E-state index in [0.29, 0.717) is 42.1 Å². The first-order chi connectivity index (χ1) is 14.5. The number of ether oxygens (including phenoxy) is 1. The summed E-state index contributed by atoms with van der Waals surface area (Å²) in [6.45, 7) is 3.04. The molecular formula is C22H27N3O4S. The Balaban J connectivity index is 1.98. The molecule has 0 aliphatic heterocycles. The number of hydrogen-bond acceptors (Lipinski definition) is 5. The van der Waals surface area contributed by atoms with Crippen molar-refractivity contribution in [3.05, 3.63) is 59.7 Å². The van der Waals surface area contributed by atoms with Crippen LogP contribution in [0, 0.1) is 0 Å². The van der Waals surface area contributed by atoms with Crippen LogP contribution in [0.5, 0.6) is 5.75 Å². The molecular weight excluding hydrogens is 402 g/mol. The van der Waals surface area contributed by atoms with Crippen LogP contribution in [0.15, 0.2) is 48.5 Å². The highest BCUT2D eigenvalue weighted by Crippen LogP contribution is 2.16. The van der Waals surface area contributed by atoms with Crippen LogP contribution in [0.1, 0.15) is 46.9 Å². The van der Waals surface area contributed by atoms with Crippen LogP contribution in [-0.4, -0.2) is 41.8 Å². The number of aliphatic hydroxyl groups excluding tert-OH is 1. The largest absolute Gasteiger partial charge is 0.494 e. The number of nitrogens with one attached hydrogen (secondary N) is 3. The van der Waals surface area contributed by atoms with Crippen molar-refractivity contribution < 1.29 is 19.4 Å². The molecule has 0 bridgehead atoms. The van der Waals surface area contributed by atoms with E-state index in [2.05, 4.69) is 22.9 Å². The van der Waals surface area contributed by atoms with Crippen LogP contribution >= 0.6 is 12.2 Å². The van der Waals surface area contributed by atoms with E-state index >= 15 is 0 Å². The molecule has 0 fully saturated rings. The minimum atomic E-state index is -0.377. The predicted molar refractivity (Wildman–Crippen MR) is 121 cm³/mol. The van der Waals surface area contributed by atoms with Gasteiger partial charge in [0.2, 0.25) is 0 Å². The minimum absolute atomic E-state index is 0.00113. The van der Waals surface area contributed by atoms with Crippen molar-refractivity contribution in [1.29, 1.82) is 0 Å². The third-order valence-electron chi connectivity index (χ3n) is 4.13. The second-order valence-corrected chi connectivity index (χ2v) is 6.92. The van der Waals surface area contributed by atoms with Gasteiger partial charge in [0.05, 0.1) is 17.9 Å². The highest BCUT2D eigenvalue weighted by molar-refractivity contribution is 7.80. The number of amides is 2. The van der Waals surface area contributed by atoms with Crippen LogP contribution in [-0.2, 0) is 0 Å². The van der Waals surface area contributed by atoms with Crippen molar-refractivity contribution in [1.82, 2.24) is 10.6 Å². The van der Waals surface area contributed by atoms with Gasteiger partial charge in [-0.3, -0.25) is 14.9 Å². The molecule has 0 radical (unpaired) electrons. The first kappa shape index (κ1) is 23.3. The van der Waals surface area contributed by atoms with Crippen molar-refractivity contribution in [3.63, 3.8) is 0 Å². The lowest BCUT2D eigenvalue weighted by Crippen LogP contribution is -2.35. The molecule has 0 saturated carbocycles. The first-order valence-electron chi connectivity index (χ1n) is 9.88. The smallest absolute Gasteiger partial charge is 0.257 e. The molecule has 0 aliphatic rings. The molecule has 2 aromatic carbocycles. The van der Waals surface area contributed by atoms with Crippen molar-refractivity contribution in [2.75, 3.05) is 25.1 Å². The molecule has 4 N–H and O–H groups in total. The number of benzene rings is 2. The second-order valence-electron chi connectivity index (χ2n) is 6.52. The number of unbranched alkanes of at least 4 members (excludes halogenated alkanes) is 1. The average molecular weight is 430 g/mol. The monoisotopic (exact) mass is 429 g/mol. The van der Waals surface area contributed by atoms with E-state index in [1.54, 1.807) is 48.5 Å². The van der Waals surface area contributed by atoms with Gasteiger partial charge in [-0.25, -0.2) is 0 Å². The highest BCUT2D eigenvalue weighted by atomic mass is 32.1. The summed E-state index contributed by atoms with van der Waals surface area (Å²) in [4.78, 5) is 24.9. The van der Waals surface area contributed by atoms with Gasteiger partial charge in [-0.15, -0.1) is 0 Å². The Morgan fingerprint density at radius 3 is 2.63 bits per heavy atom. The molecule has 30 heavy (non-hydrogen) atoms. The van der Waals surface area contributed by atoms with E-state index in [1.165, 1.54) is 0 Å². The van der Waals surface area contributed by atoms with Gasteiger partial charge in [-0.05, 0) is 55.4 Å². The lowest BCUT2D eigenvalue weighted by Gasteiger charge is -2.14. The van der Waals surface area contributed by atoms with E-state index in [9.17, 15) is 9.59 Å². The van der Waals surface area contributed by atoms with Crippen molar-refractivity contribution in [2.24, 2.45) is 0 Å². The van der Waals surface area contributed by atoms with Crippen LogP contribution in [0.3, 0.4) is 0 Å². The molecule has 160 valence electrons. The topological polar surface area (TPSA) is 99.7 Å². The summed E-state index contributed by atoms with van der Waals surface area (Å²) in [5.74, 6) is -0.0456. The van der Waals surface area contributed by atoms with Crippen LogP contribution in [0.2, 0.25) is 0 Å². The van der Waals surface area contributed by atoms with Crippen molar-refractivity contribution in [2.45, 2.75) is 26.2 Å². The lowest BCUT2D eigenvalue weighted by molar-refractivity contribution is 0.0950. The van der Waals surface area contributed by atoms with Gasteiger partial charge < -0.3 is 20.5 Å². The maximum absolute atomic E-state index is 12.5. The Kier molecular flexibility index (Phi) is 9.76. The summed E-state index contributed by atoms with van der Waals surface area (Å²) < 4.78 is 5.63. The predicted octanol–water partition coefficient (Wildman–Crippen LogP) is 3.10. The Morgan fingerprint density at radius 1 is 1.07 bits per heavy atom. The van der Waals surface area contributed by atoms with Crippen molar-refractivity contribution >= 4 is 34.8 Å². The minimum Gasteiger partial charge on any atom is -0.494 e. The normalized spacial score (nSPS) is 10.2. The van der Waals surface area contributed by atoms with Gasteiger partial charge in [0.15, 0.2) is 5.11 Å². The van der Waals surface area contributed by atoms with E-state index < -0.39 is 0 Å². The summed E-state index contributed by atoms with van der Waals surface area (Å²) in [7, 11) is 0. The molecule has 2 amide bonds. The molecule has 0 unspecified atom stereocenters. The summed E-state index contributed by atoms with van der Waals surface area (Å²) in [5.41, 5.74) is 1.28. The van der Waals surface area contributed by atoms with Gasteiger partial charge >= 0.3 is 0 Å². The highest BCUT2D eigenvalue weighted by Gasteiger charge is 2.13. The zero-order valence-electron chi connectivity index (χ0n) is 16.9. The van der Waals surface area contributed by atoms with E-state index in [0.717, 1.165) is 12.8 Å². The zero-order valence-corrected chi connectivity index (χ0v) is 17.8. The van der Waals surface area contributed by atoms with Gasteiger partial charge in [0.25, 0.3) is 11.8 Å². The molecule has 0 saturated heterocycles. The molecule has 0 aromatic heterocycles. The maximum atomic E-state index is 12.5. The summed E-state index contributed by atoms with van der Waals surface area (Å²) >= 11 is 5.24. The summed E-state index contributed by atoms with van der Waals surface area (Å²) in [5, 5.41) is 17.2. The fourth-order valence-electron chi connectivity index (χ4n) is 2.56. The molecule has 0 spiro atoms. The maximum Gasteiger partial charge on any atom is 0.257 e. The lowest BCUT2D eigenvalue weighted by atomic mass is 10.1. The van der Waals surface area contributed by atoms with Gasteiger partial charge in [-0.1, -0.05) is 31.5 Å². The summed E-state index contributed by atoms with van der Waals surface area (Å²) in [6, 6.07) is 13.7. The molecule has 0 atom stereocenters. The Bertz CT molecular complexity index is 873. The van der Waals surface area contributed by atoms with Crippen LogP contribution in [0.4, 0.5) is 5.69 Å². The molecule has 7 nitrogen and oxygen atoms in total. The quantitative estimate of drug-likeness (QED) is 0.342. The standard InChI is InChI=1S/C22H27N3O4S/c1-2-3-14-29-17-9-6-8-16(15-17)20(27)25-22(30)24-19-11-5-4-10-18(19)21(28)23-12-7-13-26/h4-6,8-11,15,26H,2-3,7,12-14H2,1H3,(H,23,28)(H2,24,25,27,30). The fraction of sp³-hybridized carbons (Fsp3) is 0.318.